The Balaban J connectivity index is 2.43. The first-order valence-corrected chi connectivity index (χ1v) is 6.35. The Bertz CT molecular complexity index is 557. The van der Waals surface area contributed by atoms with Crippen LogP contribution in [-0.4, -0.2) is 29.1 Å². The minimum absolute atomic E-state index is 0.714. The molecule has 0 unspecified atom stereocenters. The van der Waals surface area contributed by atoms with Gasteiger partial charge < -0.3 is 0 Å². The molecule has 0 saturated heterocycles. The van der Waals surface area contributed by atoms with E-state index in [1.54, 1.807) is 0 Å². The predicted octanol–water partition coefficient (Wildman–Crippen LogP) is 2.74. The standard InChI is InChI=1S/C13H9O.Sn/c1-2-5-11-10(4-1)7-8-13-12(11)6-3-9-14-13;/h1-5,7-8H,9H2;. The van der Waals surface area contributed by atoms with E-state index in [1.807, 2.05) is 0 Å². The number of hydrogen-bond acceptors (Lipinski definition) is 1. The molecule has 0 fully saturated rings. The van der Waals surface area contributed by atoms with Crippen LogP contribution in [0.5, 0.6) is 5.75 Å². The van der Waals surface area contributed by atoms with Gasteiger partial charge in [-0.2, -0.15) is 0 Å². The molecule has 0 N–H and O–H groups in total. The van der Waals surface area contributed by atoms with Crippen LogP contribution in [0.2, 0.25) is 0 Å². The predicted molar refractivity (Wildman–Crippen MR) is 63.2 cm³/mol. The molecule has 2 heteroatoms. The van der Waals surface area contributed by atoms with Gasteiger partial charge in [0.25, 0.3) is 0 Å². The van der Waals surface area contributed by atoms with Crippen LogP contribution < -0.4 is 4.74 Å². The minimum atomic E-state index is 0.714. The van der Waals surface area contributed by atoms with Crippen molar-refractivity contribution in [2.24, 2.45) is 0 Å². The summed E-state index contributed by atoms with van der Waals surface area (Å²) < 4.78 is 7.04. The molecule has 1 aliphatic heterocycles. The van der Waals surface area contributed by atoms with Crippen molar-refractivity contribution >= 4 is 36.9 Å². The summed E-state index contributed by atoms with van der Waals surface area (Å²) >= 11 is 1.45. The van der Waals surface area contributed by atoms with Crippen molar-refractivity contribution in [3.05, 3.63) is 48.0 Å². The summed E-state index contributed by atoms with van der Waals surface area (Å²) in [6.45, 7) is 0.714. The molecule has 71 valence electrons. The Morgan fingerprint density at radius 2 is 1.93 bits per heavy atom. The zero-order valence-electron chi connectivity index (χ0n) is 8.16. The molecule has 0 spiro atoms. The van der Waals surface area contributed by atoms with Crippen LogP contribution in [0.1, 0.15) is 5.56 Å². The molecule has 2 aromatic carbocycles. The molecule has 1 nitrogen and oxygen atoms in total. The van der Waals surface area contributed by atoms with Gasteiger partial charge in [-0.3, -0.25) is 0 Å². The molecular weight excluding hydrogens is 291 g/mol. The number of fused-ring (bicyclic) bond motifs is 3. The molecule has 2 aromatic rings. The summed E-state index contributed by atoms with van der Waals surface area (Å²) in [5, 5.41) is 2.59. The molecule has 0 atom stereocenters. The molecule has 0 aromatic heterocycles. The molecule has 0 saturated carbocycles. The van der Waals surface area contributed by atoms with Gasteiger partial charge in [-0.05, 0) is 0 Å². The van der Waals surface area contributed by atoms with Gasteiger partial charge in [0, 0.05) is 0 Å². The second-order valence-corrected chi connectivity index (χ2v) is 5.13. The van der Waals surface area contributed by atoms with Gasteiger partial charge in [0.2, 0.25) is 0 Å². The van der Waals surface area contributed by atoms with Crippen molar-refractivity contribution in [3.63, 3.8) is 0 Å². The maximum atomic E-state index is 5.64. The summed E-state index contributed by atoms with van der Waals surface area (Å²) in [6, 6.07) is 12.7. The van der Waals surface area contributed by atoms with Crippen molar-refractivity contribution in [1.29, 1.82) is 0 Å². The molecule has 3 rings (SSSR count). The Labute approximate surface area is 102 Å². The van der Waals surface area contributed by atoms with Gasteiger partial charge in [0.05, 0.1) is 0 Å². The summed E-state index contributed by atoms with van der Waals surface area (Å²) in [4.78, 5) is 0. The zero-order valence-corrected chi connectivity index (χ0v) is 11.0. The SMILES string of the molecule is [Sn][C]1=CCOc2ccc3ccccc3c21. The first-order chi connectivity index (χ1) is 7.36. The Kier molecular flexibility index (Phi) is 2.20. The third-order valence-electron chi connectivity index (χ3n) is 2.69. The van der Waals surface area contributed by atoms with Crippen LogP contribution >= 0.6 is 0 Å². The second kappa shape index (κ2) is 3.56. The molecule has 1 aliphatic rings. The van der Waals surface area contributed by atoms with E-state index < -0.39 is 0 Å². The van der Waals surface area contributed by atoms with Gasteiger partial charge in [-0.1, -0.05) is 0 Å². The number of hydrogen-bond donors (Lipinski definition) is 0. The van der Waals surface area contributed by atoms with Crippen LogP contribution in [0, 0.1) is 0 Å². The van der Waals surface area contributed by atoms with Gasteiger partial charge in [-0.25, -0.2) is 0 Å². The number of rotatable bonds is 0. The molecule has 15 heavy (non-hydrogen) atoms. The average Bonchev–Trinajstić information content (AvgIpc) is 2.29. The second-order valence-electron chi connectivity index (χ2n) is 3.59. The van der Waals surface area contributed by atoms with Crippen molar-refractivity contribution in [2.45, 2.75) is 0 Å². The first kappa shape index (κ1) is 9.28. The molecule has 3 radical (unpaired) electrons. The third kappa shape index (κ3) is 1.46. The quantitative estimate of drug-likeness (QED) is 0.680. The fourth-order valence-electron chi connectivity index (χ4n) is 1.97. The molecule has 0 amide bonds. The number of ether oxygens (including phenoxy) is 1. The van der Waals surface area contributed by atoms with E-state index in [4.69, 9.17) is 4.74 Å². The fourth-order valence-corrected chi connectivity index (χ4v) is 2.94. The summed E-state index contributed by atoms with van der Waals surface area (Å²) in [7, 11) is 0. The van der Waals surface area contributed by atoms with Crippen LogP contribution in [-0.2, 0) is 0 Å². The summed E-state index contributed by atoms with van der Waals surface area (Å²) in [5.41, 5.74) is 1.29. The van der Waals surface area contributed by atoms with Crippen molar-refractivity contribution in [2.75, 3.05) is 6.61 Å². The Morgan fingerprint density at radius 1 is 1.07 bits per heavy atom. The summed E-state index contributed by atoms with van der Waals surface area (Å²) in [6.07, 6.45) is 2.17. The summed E-state index contributed by atoms with van der Waals surface area (Å²) in [5.74, 6) is 1.03. The molecular formula is C13H9OSn. The fraction of sp³-hybridized carbons (Fsp3) is 0.0769. The van der Waals surface area contributed by atoms with Gasteiger partial charge in [0.1, 0.15) is 0 Å². The van der Waals surface area contributed by atoms with Gasteiger partial charge in [-0.15, -0.1) is 0 Å². The van der Waals surface area contributed by atoms with Crippen molar-refractivity contribution in [1.82, 2.24) is 0 Å². The number of benzene rings is 2. The van der Waals surface area contributed by atoms with E-state index in [9.17, 15) is 0 Å². The Hall–Kier alpha value is -0.961. The van der Waals surface area contributed by atoms with E-state index in [1.165, 1.54) is 42.4 Å². The zero-order chi connectivity index (χ0) is 10.3. The normalized spacial score (nSPS) is 14.3. The van der Waals surface area contributed by atoms with Gasteiger partial charge in [0.15, 0.2) is 0 Å². The van der Waals surface area contributed by atoms with Crippen LogP contribution in [0.15, 0.2) is 42.5 Å². The first-order valence-electron chi connectivity index (χ1n) is 4.93. The van der Waals surface area contributed by atoms with Crippen molar-refractivity contribution < 1.29 is 4.74 Å². The van der Waals surface area contributed by atoms with Crippen LogP contribution in [0.25, 0.3) is 14.4 Å². The van der Waals surface area contributed by atoms with Crippen molar-refractivity contribution in [3.8, 4) is 5.75 Å². The van der Waals surface area contributed by atoms with Crippen LogP contribution in [0.3, 0.4) is 0 Å². The molecule has 1 heterocycles. The van der Waals surface area contributed by atoms with E-state index in [-0.39, 0.29) is 0 Å². The van der Waals surface area contributed by atoms with E-state index in [0.29, 0.717) is 6.61 Å². The molecule has 0 bridgehead atoms. The Morgan fingerprint density at radius 3 is 2.87 bits per heavy atom. The third-order valence-corrected chi connectivity index (χ3v) is 3.98. The van der Waals surface area contributed by atoms with E-state index in [2.05, 4.69) is 42.5 Å². The van der Waals surface area contributed by atoms with E-state index in [0.717, 1.165) is 5.75 Å². The van der Waals surface area contributed by atoms with Gasteiger partial charge >= 0.3 is 102 Å². The average molecular weight is 300 g/mol. The monoisotopic (exact) mass is 301 g/mol. The maximum absolute atomic E-state index is 5.64. The van der Waals surface area contributed by atoms with E-state index >= 15 is 0 Å². The van der Waals surface area contributed by atoms with Crippen LogP contribution in [0.4, 0.5) is 0 Å². The molecule has 0 aliphatic carbocycles. The topological polar surface area (TPSA) is 9.23 Å².